The number of rotatable bonds is 4. The summed E-state index contributed by atoms with van der Waals surface area (Å²) in [6.07, 6.45) is 1.66. The van der Waals surface area contributed by atoms with Crippen LogP contribution in [0.5, 0.6) is 5.75 Å². The molecule has 3 rings (SSSR count). The summed E-state index contributed by atoms with van der Waals surface area (Å²) in [5.74, 6) is 6.12. The third-order valence-electron chi connectivity index (χ3n) is 3.49. The fourth-order valence-electron chi connectivity index (χ4n) is 2.18. The molecule has 25 heavy (non-hydrogen) atoms. The van der Waals surface area contributed by atoms with Gasteiger partial charge in [0.2, 0.25) is 0 Å². The highest BCUT2D eigenvalue weighted by atomic mass is 16.5. The second kappa shape index (κ2) is 7.93. The number of carbonyl (C=O) groups is 1. The fourth-order valence-corrected chi connectivity index (χ4v) is 2.18. The number of fused-ring (bicyclic) bond motifs is 1. The number of hydrogen-bond acceptors (Lipinski definition) is 4. The zero-order chi connectivity index (χ0) is 17.5. The van der Waals surface area contributed by atoms with Crippen molar-refractivity contribution in [1.29, 1.82) is 0 Å². The first kappa shape index (κ1) is 16.5. The molecule has 5 nitrogen and oxygen atoms in total. The summed E-state index contributed by atoms with van der Waals surface area (Å²) < 4.78 is 5.44. The van der Waals surface area contributed by atoms with Crippen LogP contribution in [0.2, 0.25) is 0 Å². The van der Waals surface area contributed by atoms with Crippen LogP contribution in [-0.2, 0) is 0 Å². The van der Waals surface area contributed by atoms with Crippen LogP contribution in [0.3, 0.4) is 0 Å². The van der Waals surface area contributed by atoms with E-state index in [1.807, 2.05) is 49.4 Å². The Bertz CT molecular complexity index is 940. The van der Waals surface area contributed by atoms with Crippen LogP contribution < -0.4 is 10.1 Å². The second-order valence-electron chi connectivity index (χ2n) is 5.35. The maximum absolute atomic E-state index is 12.1. The van der Waals surface area contributed by atoms with Gasteiger partial charge in [-0.2, -0.15) is 0 Å². The number of benzene rings is 1. The predicted molar refractivity (Wildman–Crippen MR) is 96.3 cm³/mol. The molecule has 0 unspecified atom stereocenters. The number of hydrogen-bond donors (Lipinski definition) is 1. The summed E-state index contributed by atoms with van der Waals surface area (Å²) in [5.41, 5.74) is 2.10. The molecule has 0 fully saturated rings. The topological polar surface area (TPSA) is 64.1 Å². The number of aryl methyl sites for hydroxylation is 1. The zero-order valence-corrected chi connectivity index (χ0v) is 13.8. The summed E-state index contributed by atoms with van der Waals surface area (Å²) in [4.78, 5) is 20.6. The smallest absolute Gasteiger partial charge is 0.270 e. The average molecular weight is 331 g/mol. The van der Waals surface area contributed by atoms with Crippen LogP contribution in [0.4, 0.5) is 0 Å². The molecule has 5 heteroatoms. The average Bonchev–Trinajstić information content (AvgIpc) is 2.65. The Hall–Kier alpha value is -3.39. The summed E-state index contributed by atoms with van der Waals surface area (Å²) in [5, 5.41) is 3.73. The van der Waals surface area contributed by atoms with Crippen LogP contribution in [0.1, 0.15) is 16.2 Å². The molecular formula is C20H17N3O2. The summed E-state index contributed by atoms with van der Waals surface area (Å²) in [7, 11) is 0. The van der Waals surface area contributed by atoms with Crippen molar-refractivity contribution in [2.24, 2.45) is 0 Å². The minimum Gasteiger partial charge on any atom is -0.479 e. The van der Waals surface area contributed by atoms with Gasteiger partial charge >= 0.3 is 0 Å². The molecule has 0 aliphatic rings. The van der Waals surface area contributed by atoms with Gasteiger partial charge in [0.15, 0.2) is 0 Å². The fraction of sp³-hybridized carbons (Fsp3) is 0.150. The summed E-state index contributed by atoms with van der Waals surface area (Å²) in [6.45, 7) is 2.40. The lowest BCUT2D eigenvalue weighted by atomic mass is 10.2. The number of nitrogens with zero attached hydrogens (tertiary/aromatic N) is 2. The quantitative estimate of drug-likeness (QED) is 0.747. The minimum atomic E-state index is -0.247. The van der Waals surface area contributed by atoms with E-state index in [0.717, 1.165) is 16.6 Å². The van der Waals surface area contributed by atoms with Gasteiger partial charge in [-0.05, 0) is 31.2 Å². The molecule has 1 amide bonds. The van der Waals surface area contributed by atoms with Crippen LogP contribution in [-0.4, -0.2) is 29.0 Å². The van der Waals surface area contributed by atoms with Crippen molar-refractivity contribution in [2.45, 2.75) is 6.92 Å². The maximum atomic E-state index is 12.1. The highest BCUT2D eigenvalue weighted by molar-refractivity contribution is 5.94. The molecule has 0 radical (unpaired) electrons. The molecule has 0 aliphatic carbocycles. The Kier molecular flexibility index (Phi) is 5.22. The molecule has 0 aliphatic heterocycles. The van der Waals surface area contributed by atoms with Gasteiger partial charge in [-0.25, -0.2) is 4.98 Å². The lowest BCUT2D eigenvalue weighted by molar-refractivity contribution is 0.0954. The van der Waals surface area contributed by atoms with Gasteiger partial charge < -0.3 is 10.1 Å². The van der Waals surface area contributed by atoms with E-state index >= 15 is 0 Å². The van der Waals surface area contributed by atoms with Crippen LogP contribution in [0.15, 0.2) is 54.7 Å². The summed E-state index contributed by atoms with van der Waals surface area (Å²) in [6, 6.07) is 15.0. The molecule has 1 N–H and O–H groups in total. The Morgan fingerprint density at radius 2 is 2.00 bits per heavy atom. The first-order valence-corrected chi connectivity index (χ1v) is 7.87. The van der Waals surface area contributed by atoms with E-state index in [1.54, 1.807) is 12.3 Å². The van der Waals surface area contributed by atoms with Crippen LogP contribution in [0, 0.1) is 18.8 Å². The second-order valence-corrected chi connectivity index (χ2v) is 5.35. The Morgan fingerprint density at radius 3 is 2.84 bits per heavy atom. The van der Waals surface area contributed by atoms with Gasteiger partial charge in [-0.3, -0.25) is 9.78 Å². The van der Waals surface area contributed by atoms with Gasteiger partial charge in [0.1, 0.15) is 18.1 Å². The highest BCUT2D eigenvalue weighted by Gasteiger charge is 2.06. The largest absolute Gasteiger partial charge is 0.479 e. The Morgan fingerprint density at radius 1 is 1.12 bits per heavy atom. The van der Waals surface area contributed by atoms with Gasteiger partial charge in [0, 0.05) is 11.1 Å². The molecule has 0 saturated carbocycles. The number of amides is 1. The number of nitrogens with one attached hydrogen (secondary N) is 1. The van der Waals surface area contributed by atoms with Gasteiger partial charge in [0.25, 0.3) is 5.91 Å². The van der Waals surface area contributed by atoms with E-state index in [2.05, 4.69) is 27.1 Å². The van der Waals surface area contributed by atoms with E-state index in [9.17, 15) is 4.79 Å². The van der Waals surface area contributed by atoms with Crippen molar-refractivity contribution >= 4 is 16.8 Å². The SMILES string of the molecule is Cc1ccc(OCC#CCNC(=O)c2ccc3ccccc3n2)cn1. The van der Waals surface area contributed by atoms with Crippen LogP contribution >= 0.6 is 0 Å². The molecule has 2 aromatic heterocycles. The highest BCUT2D eigenvalue weighted by Crippen LogP contribution is 2.11. The minimum absolute atomic E-state index is 0.239. The first-order chi connectivity index (χ1) is 12.2. The molecule has 0 bridgehead atoms. The number of ether oxygens (including phenoxy) is 1. The normalized spacial score (nSPS) is 9.96. The number of carbonyl (C=O) groups excluding carboxylic acids is 1. The zero-order valence-electron chi connectivity index (χ0n) is 13.8. The van der Waals surface area contributed by atoms with Crippen molar-refractivity contribution < 1.29 is 9.53 Å². The van der Waals surface area contributed by atoms with Gasteiger partial charge in [-0.1, -0.05) is 36.1 Å². The van der Waals surface area contributed by atoms with Crippen molar-refractivity contribution in [2.75, 3.05) is 13.2 Å². The monoisotopic (exact) mass is 331 g/mol. The number of pyridine rings is 2. The van der Waals surface area contributed by atoms with E-state index in [1.165, 1.54) is 0 Å². The maximum Gasteiger partial charge on any atom is 0.270 e. The molecule has 2 heterocycles. The van der Waals surface area contributed by atoms with Crippen molar-refractivity contribution in [1.82, 2.24) is 15.3 Å². The van der Waals surface area contributed by atoms with Gasteiger partial charge in [-0.15, -0.1) is 0 Å². The third-order valence-corrected chi connectivity index (χ3v) is 3.49. The van der Waals surface area contributed by atoms with Crippen molar-refractivity contribution in [3.05, 3.63) is 66.1 Å². The van der Waals surface area contributed by atoms with E-state index < -0.39 is 0 Å². The van der Waals surface area contributed by atoms with Gasteiger partial charge in [0.05, 0.1) is 18.3 Å². The number of para-hydroxylation sites is 1. The first-order valence-electron chi connectivity index (χ1n) is 7.87. The van der Waals surface area contributed by atoms with E-state index in [0.29, 0.717) is 11.4 Å². The Labute approximate surface area is 146 Å². The van der Waals surface area contributed by atoms with Crippen LogP contribution in [0.25, 0.3) is 10.9 Å². The molecule has 0 atom stereocenters. The Balaban J connectivity index is 1.48. The van der Waals surface area contributed by atoms with E-state index in [-0.39, 0.29) is 19.1 Å². The molecular weight excluding hydrogens is 314 g/mol. The third kappa shape index (κ3) is 4.55. The van der Waals surface area contributed by atoms with E-state index in [4.69, 9.17) is 4.74 Å². The summed E-state index contributed by atoms with van der Waals surface area (Å²) >= 11 is 0. The molecule has 0 spiro atoms. The van der Waals surface area contributed by atoms with Crippen molar-refractivity contribution in [3.63, 3.8) is 0 Å². The molecule has 3 aromatic rings. The lowest BCUT2D eigenvalue weighted by Gasteiger charge is -2.03. The lowest BCUT2D eigenvalue weighted by Crippen LogP contribution is -2.24. The molecule has 0 saturated heterocycles. The predicted octanol–water partition coefficient (Wildman–Crippen LogP) is 2.75. The van der Waals surface area contributed by atoms with Crippen molar-refractivity contribution in [3.8, 4) is 17.6 Å². The molecule has 1 aromatic carbocycles. The number of aromatic nitrogens is 2. The molecule has 124 valence electrons. The standard InChI is InChI=1S/C20H17N3O2/c1-15-8-10-17(14-22-15)25-13-5-4-12-21-20(24)19-11-9-16-6-2-3-7-18(16)23-19/h2-3,6-11,14H,12-13H2,1H3,(H,21,24).